The van der Waals surface area contributed by atoms with E-state index in [4.69, 9.17) is 15.9 Å². The van der Waals surface area contributed by atoms with Crippen LogP contribution in [-0.4, -0.2) is 12.1 Å². The van der Waals surface area contributed by atoms with Crippen LogP contribution >= 0.6 is 0 Å². The first-order valence-corrected chi connectivity index (χ1v) is 9.54. The number of halogens is 1. The lowest BCUT2D eigenvalue weighted by Gasteiger charge is -2.24. The normalized spacial score (nSPS) is 12.6. The highest BCUT2D eigenvalue weighted by Crippen LogP contribution is 2.30. The Morgan fingerprint density at radius 3 is 2.41 bits per heavy atom. The van der Waals surface area contributed by atoms with Crippen LogP contribution in [0.15, 0.2) is 66.7 Å². The van der Waals surface area contributed by atoms with Crippen molar-refractivity contribution in [1.82, 2.24) is 4.98 Å². The Hall–Kier alpha value is -3.32. The molecule has 0 aliphatic carbocycles. The molecule has 148 valence electrons. The second-order valence-corrected chi connectivity index (χ2v) is 7.09. The van der Waals surface area contributed by atoms with E-state index in [2.05, 4.69) is 10.9 Å². The summed E-state index contributed by atoms with van der Waals surface area (Å²) in [4.78, 5) is 4.44. The molecule has 0 aliphatic rings. The summed E-state index contributed by atoms with van der Waals surface area (Å²) in [7, 11) is 1.64. The molecule has 0 saturated heterocycles. The molecule has 0 saturated carbocycles. The number of benzene rings is 2. The van der Waals surface area contributed by atoms with E-state index in [0.29, 0.717) is 17.9 Å². The summed E-state index contributed by atoms with van der Waals surface area (Å²) in [5.41, 5.74) is 1.29. The number of ether oxygens (including phenoxy) is 2. The SMILES string of the molecule is C#CC(C)(CCCc1cc(F)cc(Oc2ccccc2)n1)c1ccc(OC)cc1. The molecule has 0 radical (unpaired) electrons. The van der Waals surface area contributed by atoms with Crippen molar-refractivity contribution in [3.63, 3.8) is 0 Å². The quantitative estimate of drug-likeness (QED) is 0.447. The number of hydrogen-bond donors (Lipinski definition) is 0. The van der Waals surface area contributed by atoms with Gasteiger partial charge in [0.15, 0.2) is 0 Å². The van der Waals surface area contributed by atoms with Gasteiger partial charge < -0.3 is 9.47 Å². The second-order valence-electron chi connectivity index (χ2n) is 7.09. The Balaban J connectivity index is 1.66. The van der Waals surface area contributed by atoms with Gasteiger partial charge in [0, 0.05) is 11.8 Å². The molecular formula is C25H24FNO2. The van der Waals surface area contributed by atoms with Crippen LogP contribution in [0.4, 0.5) is 4.39 Å². The van der Waals surface area contributed by atoms with E-state index in [0.717, 1.165) is 24.2 Å². The highest BCUT2D eigenvalue weighted by Gasteiger charge is 2.23. The first-order chi connectivity index (χ1) is 14.0. The topological polar surface area (TPSA) is 31.4 Å². The monoisotopic (exact) mass is 389 g/mol. The molecule has 0 N–H and O–H groups in total. The van der Waals surface area contributed by atoms with Gasteiger partial charge in [-0.25, -0.2) is 9.37 Å². The van der Waals surface area contributed by atoms with Crippen molar-refractivity contribution >= 4 is 0 Å². The molecule has 3 rings (SSSR count). The highest BCUT2D eigenvalue weighted by molar-refractivity contribution is 5.37. The lowest BCUT2D eigenvalue weighted by atomic mass is 9.79. The van der Waals surface area contributed by atoms with Gasteiger partial charge >= 0.3 is 0 Å². The summed E-state index contributed by atoms with van der Waals surface area (Å²) in [6, 6.07) is 19.7. The Kier molecular flexibility index (Phi) is 6.51. The Morgan fingerprint density at radius 2 is 1.76 bits per heavy atom. The zero-order chi connectivity index (χ0) is 20.7. The zero-order valence-corrected chi connectivity index (χ0v) is 16.7. The molecule has 0 fully saturated rings. The van der Waals surface area contributed by atoms with Crippen LogP contribution in [0.5, 0.6) is 17.4 Å². The van der Waals surface area contributed by atoms with Crippen LogP contribution in [0.3, 0.4) is 0 Å². The molecule has 4 heteroatoms. The van der Waals surface area contributed by atoms with Gasteiger partial charge in [0.05, 0.1) is 12.5 Å². The first-order valence-electron chi connectivity index (χ1n) is 9.54. The minimum atomic E-state index is -0.414. The van der Waals surface area contributed by atoms with Crippen molar-refractivity contribution in [1.29, 1.82) is 0 Å². The van der Waals surface area contributed by atoms with E-state index in [-0.39, 0.29) is 11.7 Å². The van der Waals surface area contributed by atoms with Crippen LogP contribution in [0.2, 0.25) is 0 Å². The van der Waals surface area contributed by atoms with E-state index < -0.39 is 5.41 Å². The first kappa shape index (κ1) is 20.4. The van der Waals surface area contributed by atoms with E-state index in [1.165, 1.54) is 12.1 Å². The van der Waals surface area contributed by atoms with Gasteiger partial charge in [-0.1, -0.05) is 36.3 Å². The number of methoxy groups -OCH3 is 1. The van der Waals surface area contributed by atoms with Crippen LogP contribution < -0.4 is 9.47 Å². The minimum Gasteiger partial charge on any atom is -0.497 e. The van der Waals surface area contributed by atoms with Gasteiger partial charge in [0.1, 0.15) is 17.3 Å². The average Bonchev–Trinajstić information content (AvgIpc) is 2.74. The van der Waals surface area contributed by atoms with Crippen molar-refractivity contribution in [3.8, 4) is 29.7 Å². The molecule has 0 amide bonds. The van der Waals surface area contributed by atoms with Crippen LogP contribution in [0.1, 0.15) is 31.0 Å². The fraction of sp³-hybridized carbons (Fsp3) is 0.240. The third kappa shape index (κ3) is 5.36. The van der Waals surface area contributed by atoms with Gasteiger partial charge in [0.25, 0.3) is 0 Å². The maximum absolute atomic E-state index is 14.0. The molecule has 3 aromatic rings. The fourth-order valence-electron chi connectivity index (χ4n) is 3.20. The van der Waals surface area contributed by atoms with E-state index in [1.54, 1.807) is 19.2 Å². The third-order valence-electron chi connectivity index (χ3n) is 4.94. The van der Waals surface area contributed by atoms with Crippen molar-refractivity contribution in [2.24, 2.45) is 0 Å². The number of hydrogen-bond acceptors (Lipinski definition) is 3. The smallest absolute Gasteiger partial charge is 0.222 e. The Morgan fingerprint density at radius 1 is 1.03 bits per heavy atom. The van der Waals surface area contributed by atoms with Gasteiger partial charge in [-0.05, 0) is 62.1 Å². The molecule has 29 heavy (non-hydrogen) atoms. The number of para-hydroxylation sites is 1. The number of rotatable bonds is 8. The van der Waals surface area contributed by atoms with Crippen LogP contribution in [0, 0.1) is 18.2 Å². The number of nitrogens with zero attached hydrogens (tertiary/aromatic N) is 1. The van der Waals surface area contributed by atoms with Crippen LogP contribution in [-0.2, 0) is 11.8 Å². The van der Waals surface area contributed by atoms with Crippen LogP contribution in [0.25, 0.3) is 0 Å². The van der Waals surface area contributed by atoms with E-state index in [9.17, 15) is 4.39 Å². The number of pyridine rings is 1. The molecule has 1 unspecified atom stereocenters. The lowest BCUT2D eigenvalue weighted by Crippen LogP contribution is -2.19. The number of aryl methyl sites for hydroxylation is 1. The summed E-state index contributed by atoms with van der Waals surface area (Å²) < 4.78 is 24.9. The summed E-state index contributed by atoms with van der Waals surface area (Å²) in [5, 5.41) is 0. The van der Waals surface area contributed by atoms with E-state index in [1.807, 2.05) is 49.4 Å². The Labute approximate surface area is 171 Å². The van der Waals surface area contributed by atoms with Gasteiger partial charge in [-0.15, -0.1) is 6.42 Å². The standard InChI is InChI=1S/C25H24FNO2/c1-4-25(2,19-12-14-22(28-3)15-13-19)16-8-9-21-17-20(26)18-24(27-21)29-23-10-6-5-7-11-23/h1,5-7,10-15,17-18H,8-9,16H2,2-3H3. The molecule has 1 atom stereocenters. The average molecular weight is 389 g/mol. The molecular weight excluding hydrogens is 365 g/mol. The maximum atomic E-state index is 14.0. The third-order valence-corrected chi connectivity index (χ3v) is 4.94. The molecule has 3 nitrogen and oxygen atoms in total. The highest BCUT2D eigenvalue weighted by atomic mass is 19.1. The summed E-state index contributed by atoms with van der Waals surface area (Å²) >= 11 is 0. The van der Waals surface area contributed by atoms with Crippen molar-refractivity contribution in [2.75, 3.05) is 7.11 Å². The lowest BCUT2D eigenvalue weighted by molar-refractivity contribution is 0.414. The van der Waals surface area contributed by atoms with Crippen molar-refractivity contribution in [3.05, 3.63) is 83.8 Å². The predicted octanol–water partition coefficient (Wildman–Crippen LogP) is 5.94. The fourth-order valence-corrected chi connectivity index (χ4v) is 3.20. The maximum Gasteiger partial charge on any atom is 0.222 e. The van der Waals surface area contributed by atoms with Gasteiger partial charge in [-0.2, -0.15) is 0 Å². The Bertz CT molecular complexity index is 980. The van der Waals surface area contributed by atoms with Crippen molar-refractivity contribution < 1.29 is 13.9 Å². The summed E-state index contributed by atoms with van der Waals surface area (Å²) in [6.07, 6.45) is 7.98. The number of aromatic nitrogens is 1. The minimum absolute atomic E-state index is 0.251. The molecule has 2 aromatic carbocycles. The molecule has 0 aliphatic heterocycles. The van der Waals surface area contributed by atoms with Crippen molar-refractivity contribution in [2.45, 2.75) is 31.6 Å². The summed E-state index contributed by atoms with van der Waals surface area (Å²) in [6.45, 7) is 2.04. The van der Waals surface area contributed by atoms with Gasteiger partial charge in [-0.3, -0.25) is 0 Å². The molecule has 1 heterocycles. The predicted molar refractivity (Wildman–Crippen MR) is 113 cm³/mol. The largest absolute Gasteiger partial charge is 0.497 e. The van der Waals surface area contributed by atoms with Gasteiger partial charge in [0.2, 0.25) is 5.88 Å². The number of terminal acetylenes is 1. The van der Waals surface area contributed by atoms with E-state index >= 15 is 0 Å². The second kappa shape index (κ2) is 9.25. The summed E-state index contributed by atoms with van der Waals surface area (Å²) in [5.74, 6) is 4.22. The zero-order valence-electron chi connectivity index (χ0n) is 16.7. The molecule has 0 bridgehead atoms. The molecule has 1 aromatic heterocycles. The molecule has 0 spiro atoms.